The van der Waals surface area contributed by atoms with Gasteiger partial charge < -0.3 is 15.0 Å². The molecule has 26 heavy (non-hydrogen) atoms. The molecule has 4 rings (SSSR count). The Hall–Kier alpha value is -2.80. The Morgan fingerprint density at radius 2 is 2.12 bits per heavy atom. The van der Waals surface area contributed by atoms with Crippen LogP contribution < -0.4 is 5.32 Å². The van der Waals surface area contributed by atoms with Crippen LogP contribution >= 0.6 is 0 Å². The number of carbonyl (C=O) groups excluding carboxylic acids is 2. The zero-order valence-electron chi connectivity index (χ0n) is 14.2. The number of ether oxygens (including phenoxy) is 1. The third kappa shape index (κ3) is 3.43. The Morgan fingerprint density at radius 1 is 1.19 bits per heavy atom. The number of aromatic nitrogens is 2. The summed E-state index contributed by atoms with van der Waals surface area (Å²) < 4.78 is 5.79. The highest BCUT2D eigenvalue weighted by Gasteiger charge is 2.47. The molecule has 3 atom stereocenters. The maximum absolute atomic E-state index is 12.6. The van der Waals surface area contributed by atoms with Crippen LogP contribution in [0.3, 0.4) is 0 Å². The zero-order chi connectivity index (χ0) is 17.9. The first kappa shape index (κ1) is 16.7. The molecule has 0 spiro atoms. The summed E-state index contributed by atoms with van der Waals surface area (Å²) in [6.07, 6.45) is 5.15. The summed E-state index contributed by atoms with van der Waals surface area (Å²) in [5, 5.41) is 2.89. The van der Waals surface area contributed by atoms with Crippen molar-refractivity contribution in [3.05, 3.63) is 54.6 Å². The summed E-state index contributed by atoms with van der Waals surface area (Å²) in [5.41, 5.74) is 1.42. The number of hydrogen-bond donors (Lipinski definition) is 1. The molecule has 0 unspecified atom stereocenters. The van der Waals surface area contributed by atoms with Crippen LogP contribution in [0, 0.1) is 11.8 Å². The fourth-order valence-electron chi connectivity index (χ4n) is 3.63. The highest BCUT2D eigenvalue weighted by molar-refractivity contribution is 5.93. The van der Waals surface area contributed by atoms with Gasteiger partial charge in [-0.25, -0.2) is 0 Å². The van der Waals surface area contributed by atoms with E-state index in [1.54, 1.807) is 35.6 Å². The van der Waals surface area contributed by atoms with Crippen LogP contribution in [0.15, 0.2) is 48.9 Å². The highest BCUT2D eigenvalue weighted by Crippen LogP contribution is 2.34. The number of pyridine rings is 2. The molecular weight excluding hydrogens is 332 g/mol. The molecule has 0 radical (unpaired) electrons. The van der Waals surface area contributed by atoms with Gasteiger partial charge in [0.2, 0.25) is 11.8 Å². The molecule has 2 amide bonds. The summed E-state index contributed by atoms with van der Waals surface area (Å²) in [4.78, 5) is 35.1. The minimum absolute atomic E-state index is 0.0214. The van der Waals surface area contributed by atoms with E-state index in [9.17, 15) is 9.59 Å². The molecule has 2 aliphatic rings. The van der Waals surface area contributed by atoms with Gasteiger partial charge >= 0.3 is 0 Å². The third-order valence-electron chi connectivity index (χ3n) is 4.99. The maximum Gasteiger partial charge on any atom is 0.230 e. The van der Waals surface area contributed by atoms with Crippen molar-refractivity contribution in [3.8, 4) is 0 Å². The molecule has 0 saturated carbocycles. The lowest BCUT2D eigenvalue weighted by Gasteiger charge is -2.19. The van der Waals surface area contributed by atoms with Crippen LogP contribution in [0.4, 0.5) is 5.69 Å². The normalized spacial score (nSPS) is 24.3. The lowest BCUT2D eigenvalue weighted by molar-refractivity contribution is -0.131. The van der Waals surface area contributed by atoms with E-state index in [0.717, 1.165) is 5.69 Å². The molecule has 1 N–H and O–H groups in total. The number of amides is 2. The number of likely N-dealkylation sites (tertiary alicyclic amines) is 1. The molecule has 0 bridgehead atoms. The van der Waals surface area contributed by atoms with Crippen LogP contribution in [0.1, 0.15) is 5.69 Å². The second-order valence-corrected chi connectivity index (χ2v) is 6.67. The van der Waals surface area contributed by atoms with Gasteiger partial charge in [0.25, 0.3) is 0 Å². The summed E-state index contributed by atoms with van der Waals surface area (Å²) in [5.74, 6) is -0.287. The van der Waals surface area contributed by atoms with Crippen LogP contribution in [0.2, 0.25) is 0 Å². The van der Waals surface area contributed by atoms with Crippen LogP contribution in [0.5, 0.6) is 0 Å². The predicted octanol–water partition coefficient (Wildman–Crippen LogP) is 1.13. The molecule has 2 aromatic heterocycles. The van der Waals surface area contributed by atoms with Gasteiger partial charge in [0.05, 0.1) is 36.9 Å². The minimum atomic E-state index is -0.257. The smallest absolute Gasteiger partial charge is 0.230 e. The van der Waals surface area contributed by atoms with Gasteiger partial charge in [0, 0.05) is 37.1 Å². The summed E-state index contributed by atoms with van der Waals surface area (Å²) in [7, 11) is 0. The van der Waals surface area contributed by atoms with Crippen molar-refractivity contribution in [1.29, 1.82) is 0 Å². The van der Waals surface area contributed by atoms with Crippen molar-refractivity contribution < 1.29 is 14.3 Å². The average molecular weight is 352 g/mol. The molecule has 2 aliphatic heterocycles. The fraction of sp³-hybridized carbons (Fsp3) is 0.368. The average Bonchev–Trinajstić information content (AvgIpc) is 3.24. The molecule has 134 valence electrons. The monoisotopic (exact) mass is 352 g/mol. The SMILES string of the molecule is O=C(Nc1cccnc1)[C@@H]1CO[C@@H]2CN(C(=O)Cc3ccccn3)C[C@@H]21. The molecule has 7 nitrogen and oxygen atoms in total. The molecule has 2 aromatic rings. The third-order valence-corrected chi connectivity index (χ3v) is 4.99. The number of fused-ring (bicyclic) bond motifs is 1. The van der Waals surface area contributed by atoms with E-state index >= 15 is 0 Å². The summed E-state index contributed by atoms with van der Waals surface area (Å²) in [6, 6.07) is 9.12. The van der Waals surface area contributed by atoms with E-state index < -0.39 is 0 Å². The molecular formula is C19H20N4O3. The van der Waals surface area contributed by atoms with Crippen molar-refractivity contribution in [1.82, 2.24) is 14.9 Å². The van der Waals surface area contributed by atoms with E-state index in [1.165, 1.54) is 0 Å². The van der Waals surface area contributed by atoms with E-state index in [0.29, 0.717) is 25.4 Å². The van der Waals surface area contributed by atoms with E-state index in [1.807, 2.05) is 18.2 Å². The maximum atomic E-state index is 12.6. The zero-order valence-corrected chi connectivity index (χ0v) is 14.2. The van der Waals surface area contributed by atoms with Gasteiger partial charge in [-0.3, -0.25) is 19.6 Å². The lowest BCUT2D eigenvalue weighted by atomic mass is 9.92. The minimum Gasteiger partial charge on any atom is -0.375 e. The van der Waals surface area contributed by atoms with E-state index in [-0.39, 0.29) is 36.2 Å². The van der Waals surface area contributed by atoms with Gasteiger partial charge in [-0.15, -0.1) is 0 Å². The number of rotatable bonds is 4. The molecule has 0 aromatic carbocycles. The Bertz CT molecular complexity index is 784. The van der Waals surface area contributed by atoms with Gasteiger partial charge in [0.1, 0.15) is 0 Å². The van der Waals surface area contributed by atoms with Crippen molar-refractivity contribution in [2.24, 2.45) is 11.8 Å². The van der Waals surface area contributed by atoms with E-state index in [4.69, 9.17) is 4.74 Å². The summed E-state index contributed by atoms with van der Waals surface area (Å²) in [6.45, 7) is 1.47. The van der Waals surface area contributed by atoms with Crippen molar-refractivity contribution in [2.45, 2.75) is 12.5 Å². The second-order valence-electron chi connectivity index (χ2n) is 6.67. The van der Waals surface area contributed by atoms with Crippen molar-refractivity contribution in [2.75, 3.05) is 25.0 Å². The predicted molar refractivity (Wildman–Crippen MR) is 94.1 cm³/mol. The van der Waals surface area contributed by atoms with Crippen LogP contribution in [-0.2, 0) is 20.7 Å². The van der Waals surface area contributed by atoms with Gasteiger partial charge in [-0.2, -0.15) is 0 Å². The Labute approximate surface area is 151 Å². The van der Waals surface area contributed by atoms with Gasteiger partial charge in [-0.05, 0) is 24.3 Å². The second kappa shape index (κ2) is 7.21. The quantitative estimate of drug-likeness (QED) is 0.892. The van der Waals surface area contributed by atoms with Crippen molar-refractivity contribution >= 4 is 17.5 Å². The van der Waals surface area contributed by atoms with Gasteiger partial charge in [0.15, 0.2) is 0 Å². The first-order chi connectivity index (χ1) is 12.7. The Balaban J connectivity index is 1.37. The Kier molecular flexibility index (Phi) is 4.62. The summed E-state index contributed by atoms with van der Waals surface area (Å²) >= 11 is 0. The number of anilines is 1. The fourth-order valence-corrected chi connectivity index (χ4v) is 3.63. The first-order valence-corrected chi connectivity index (χ1v) is 8.71. The molecule has 0 aliphatic carbocycles. The van der Waals surface area contributed by atoms with E-state index in [2.05, 4.69) is 15.3 Å². The lowest BCUT2D eigenvalue weighted by Crippen LogP contribution is -2.35. The largest absolute Gasteiger partial charge is 0.375 e. The van der Waals surface area contributed by atoms with Crippen LogP contribution in [0.25, 0.3) is 0 Å². The molecule has 4 heterocycles. The molecule has 2 saturated heterocycles. The molecule has 2 fully saturated rings. The number of carbonyl (C=O) groups is 2. The van der Waals surface area contributed by atoms with Gasteiger partial charge in [-0.1, -0.05) is 6.07 Å². The number of nitrogens with zero attached hydrogens (tertiary/aromatic N) is 3. The standard InChI is InChI=1S/C19H20N4O3/c24-18(8-13-4-1-2-7-21-13)23-10-15-16(12-26-17(15)11-23)19(25)22-14-5-3-6-20-9-14/h1-7,9,15-17H,8,10-12H2,(H,22,25)/t15-,16-,17-/m1/s1. The number of nitrogens with one attached hydrogen (secondary N) is 1. The first-order valence-electron chi connectivity index (χ1n) is 8.71. The van der Waals surface area contributed by atoms with Crippen LogP contribution in [-0.4, -0.2) is 52.5 Å². The molecule has 7 heteroatoms. The Morgan fingerprint density at radius 3 is 2.88 bits per heavy atom. The number of hydrogen-bond acceptors (Lipinski definition) is 5. The van der Waals surface area contributed by atoms with Crippen molar-refractivity contribution in [3.63, 3.8) is 0 Å². The highest BCUT2D eigenvalue weighted by atomic mass is 16.5. The topological polar surface area (TPSA) is 84.4 Å².